The van der Waals surface area contributed by atoms with E-state index in [1.54, 1.807) is 23.1 Å². The largest absolute Gasteiger partial charge is 0.467 e. The van der Waals surface area contributed by atoms with Crippen LogP contribution in [0.15, 0.2) is 42.5 Å². The summed E-state index contributed by atoms with van der Waals surface area (Å²) >= 11 is 1.34. The fourth-order valence-electron chi connectivity index (χ4n) is 3.57. The molecule has 2 aliphatic heterocycles. The molecule has 0 aliphatic carbocycles. The van der Waals surface area contributed by atoms with Crippen LogP contribution in [0.1, 0.15) is 18.4 Å². The van der Waals surface area contributed by atoms with Gasteiger partial charge >= 0.3 is 0 Å². The van der Waals surface area contributed by atoms with Crippen LogP contribution >= 0.6 is 11.3 Å². The zero-order valence-corrected chi connectivity index (χ0v) is 16.9. The van der Waals surface area contributed by atoms with Crippen LogP contribution in [-0.2, 0) is 4.79 Å². The summed E-state index contributed by atoms with van der Waals surface area (Å²) < 4.78 is 31.2. The summed E-state index contributed by atoms with van der Waals surface area (Å²) in [4.78, 5) is 18.6. The second-order valence-electron chi connectivity index (χ2n) is 7.15. The van der Waals surface area contributed by atoms with Gasteiger partial charge < -0.3 is 19.1 Å². The molecule has 0 spiro atoms. The Labute approximate surface area is 176 Å². The monoisotopic (exact) mass is 426 g/mol. The number of aromatic nitrogens is 1. The first-order valence-electron chi connectivity index (χ1n) is 9.74. The number of hydrogen-bond acceptors (Lipinski definition) is 6. The minimum Gasteiger partial charge on any atom is -0.467 e. The minimum absolute atomic E-state index is 0.0319. The van der Waals surface area contributed by atoms with Gasteiger partial charge in [-0.25, -0.2) is 4.39 Å². The van der Waals surface area contributed by atoms with Crippen LogP contribution in [-0.4, -0.2) is 41.8 Å². The lowest BCUT2D eigenvalue weighted by molar-refractivity contribution is -0.127. The van der Waals surface area contributed by atoms with Crippen molar-refractivity contribution in [2.45, 2.75) is 18.9 Å². The first-order chi connectivity index (χ1) is 14.7. The van der Waals surface area contributed by atoms with Crippen LogP contribution in [0, 0.1) is 5.82 Å². The Morgan fingerprint density at radius 3 is 2.87 bits per heavy atom. The van der Waals surface area contributed by atoms with Crippen molar-refractivity contribution in [3.63, 3.8) is 0 Å². The zero-order chi connectivity index (χ0) is 20.5. The number of halogens is 1. The van der Waals surface area contributed by atoms with E-state index < -0.39 is 0 Å². The zero-order valence-electron chi connectivity index (χ0n) is 16.0. The maximum absolute atomic E-state index is 13.8. The number of rotatable bonds is 4. The molecule has 1 saturated heterocycles. The SMILES string of the molecule is O=C(/C=C/c1ccc2c(c1)OCO2)N1CCC(Oc2nc3c(F)cccc3s2)CC1. The van der Waals surface area contributed by atoms with Crippen LogP contribution in [0.25, 0.3) is 16.3 Å². The molecule has 1 amide bonds. The van der Waals surface area contributed by atoms with E-state index in [4.69, 9.17) is 14.2 Å². The van der Waals surface area contributed by atoms with Gasteiger partial charge in [0.15, 0.2) is 11.5 Å². The highest BCUT2D eigenvalue weighted by atomic mass is 32.1. The quantitative estimate of drug-likeness (QED) is 0.584. The van der Waals surface area contributed by atoms with Gasteiger partial charge in [0, 0.05) is 32.0 Å². The van der Waals surface area contributed by atoms with Crippen molar-refractivity contribution in [3.8, 4) is 16.7 Å². The van der Waals surface area contributed by atoms with Gasteiger partial charge in [-0.3, -0.25) is 4.79 Å². The van der Waals surface area contributed by atoms with Crippen LogP contribution in [0.4, 0.5) is 4.39 Å². The van der Waals surface area contributed by atoms with Crippen molar-refractivity contribution in [2.24, 2.45) is 0 Å². The molecule has 1 aromatic heterocycles. The molecule has 3 aromatic rings. The van der Waals surface area contributed by atoms with Crippen molar-refractivity contribution < 1.29 is 23.4 Å². The van der Waals surface area contributed by atoms with Gasteiger partial charge in [0.25, 0.3) is 5.19 Å². The summed E-state index contributed by atoms with van der Waals surface area (Å²) in [5, 5.41) is 0.475. The summed E-state index contributed by atoms with van der Waals surface area (Å²) in [7, 11) is 0. The molecule has 0 N–H and O–H groups in total. The van der Waals surface area contributed by atoms with E-state index in [0.717, 1.165) is 16.0 Å². The number of ether oxygens (including phenoxy) is 3. The Morgan fingerprint density at radius 1 is 1.20 bits per heavy atom. The van der Waals surface area contributed by atoms with Gasteiger partial charge in [-0.1, -0.05) is 23.5 Å². The van der Waals surface area contributed by atoms with Crippen LogP contribution in [0.5, 0.6) is 16.7 Å². The summed E-state index contributed by atoms with van der Waals surface area (Å²) in [5.41, 5.74) is 1.23. The highest BCUT2D eigenvalue weighted by molar-refractivity contribution is 7.20. The van der Waals surface area contributed by atoms with Crippen molar-refractivity contribution in [1.29, 1.82) is 0 Å². The molecule has 2 aromatic carbocycles. The Morgan fingerprint density at radius 2 is 2.03 bits per heavy atom. The Balaban J connectivity index is 1.16. The number of nitrogens with zero attached hydrogens (tertiary/aromatic N) is 2. The predicted octanol–water partition coefficient (Wildman–Crippen LogP) is 4.25. The first kappa shape index (κ1) is 18.9. The predicted molar refractivity (Wildman–Crippen MR) is 111 cm³/mol. The molecule has 5 rings (SSSR count). The second kappa shape index (κ2) is 7.95. The smallest absolute Gasteiger partial charge is 0.274 e. The van der Waals surface area contributed by atoms with E-state index in [2.05, 4.69) is 4.98 Å². The molecule has 0 atom stereocenters. The third-order valence-electron chi connectivity index (χ3n) is 5.19. The fraction of sp³-hybridized carbons (Fsp3) is 0.273. The number of amides is 1. The summed E-state index contributed by atoms with van der Waals surface area (Å²) in [6.45, 7) is 1.44. The van der Waals surface area contributed by atoms with Gasteiger partial charge in [-0.05, 0) is 35.9 Å². The minimum atomic E-state index is -0.340. The number of benzene rings is 2. The Kier molecular flexibility index (Phi) is 5.00. The van der Waals surface area contributed by atoms with Crippen molar-refractivity contribution in [3.05, 3.63) is 53.9 Å². The fourth-order valence-corrected chi connectivity index (χ4v) is 4.47. The molecule has 6 nitrogen and oxygen atoms in total. The Bertz CT molecular complexity index is 1120. The van der Waals surface area contributed by atoms with Gasteiger partial charge in [-0.2, -0.15) is 4.98 Å². The topological polar surface area (TPSA) is 60.9 Å². The van der Waals surface area contributed by atoms with E-state index in [0.29, 0.717) is 42.4 Å². The number of carbonyl (C=O) groups is 1. The number of carbonyl (C=O) groups excluding carboxylic acids is 1. The normalized spacial score (nSPS) is 16.5. The lowest BCUT2D eigenvalue weighted by Crippen LogP contribution is -2.41. The molecule has 30 heavy (non-hydrogen) atoms. The molecule has 8 heteroatoms. The summed E-state index contributed by atoms with van der Waals surface area (Å²) in [6.07, 6.45) is 4.75. The highest BCUT2D eigenvalue weighted by Crippen LogP contribution is 2.33. The Hall–Kier alpha value is -3.13. The molecule has 3 heterocycles. The lowest BCUT2D eigenvalue weighted by atomic mass is 10.1. The molecule has 0 unspecified atom stereocenters. The highest BCUT2D eigenvalue weighted by Gasteiger charge is 2.24. The van der Waals surface area contributed by atoms with Gasteiger partial charge in [0.2, 0.25) is 12.7 Å². The number of fused-ring (bicyclic) bond motifs is 2. The second-order valence-corrected chi connectivity index (χ2v) is 8.15. The van der Waals surface area contributed by atoms with E-state index in [1.165, 1.54) is 17.4 Å². The van der Waals surface area contributed by atoms with E-state index in [-0.39, 0.29) is 24.6 Å². The van der Waals surface area contributed by atoms with Crippen LogP contribution in [0.2, 0.25) is 0 Å². The van der Waals surface area contributed by atoms with Crippen molar-refractivity contribution >= 4 is 33.5 Å². The molecular formula is C22H19FN2O4S. The van der Waals surface area contributed by atoms with Crippen LogP contribution < -0.4 is 14.2 Å². The third-order valence-corrected chi connectivity index (χ3v) is 6.10. The molecule has 0 bridgehead atoms. The molecule has 0 radical (unpaired) electrons. The van der Waals surface area contributed by atoms with Gasteiger partial charge in [0.05, 0.1) is 4.70 Å². The van der Waals surface area contributed by atoms with E-state index in [1.807, 2.05) is 24.3 Å². The van der Waals surface area contributed by atoms with Gasteiger partial charge in [0.1, 0.15) is 17.4 Å². The summed E-state index contributed by atoms with van der Waals surface area (Å²) in [5.74, 6) is 1.04. The standard InChI is InChI=1S/C22H19FN2O4S/c23-16-2-1-3-19-21(16)24-22(30-19)29-15-8-10-25(11-9-15)20(26)7-5-14-4-6-17-18(12-14)28-13-27-17/h1-7,12,15H,8-11,13H2/b7-5+. The third kappa shape index (κ3) is 3.82. The van der Waals surface area contributed by atoms with E-state index >= 15 is 0 Å². The number of likely N-dealkylation sites (tertiary alicyclic amines) is 1. The van der Waals surface area contributed by atoms with Crippen molar-refractivity contribution in [1.82, 2.24) is 9.88 Å². The lowest BCUT2D eigenvalue weighted by Gasteiger charge is -2.30. The van der Waals surface area contributed by atoms with Crippen LogP contribution in [0.3, 0.4) is 0 Å². The number of thiazole rings is 1. The molecule has 154 valence electrons. The maximum atomic E-state index is 13.8. The van der Waals surface area contributed by atoms with Gasteiger partial charge in [-0.15, -0.1) is 0 Å². The maximum Gasteiger partial charge on any atom is 0.274 e. The number of hydrogen-bond donors (Lipinski definition) is 0. The molecule has 1 fully saturated rings. The van der Waals surface area contributed by atoms with Crippen molar-refractivity contribution in [2.75, 3.05) is 19.9 Å². The van der Waals surface area contributed by atoms with E-state index in [9.17, 15) is 9.18 Å². The number of para-hydroxylation sites is 1. The first-order valence-corrected chi connectivity index (χ1v) is 10.6. The summed E-state index contributed by atoms with van der Waals surface area (Å²) in [6, 6.07) is 10.5. The molecule has 2 aliphatic rings. The molecule has 0 saturated carbocycles. The average molecular weight is 426 g/mol. The molecular weight excluding hydrogens is 407 g/mol. The average Bonchev–Trinajstić information content (AvgIpc) is 3.39. The number of piperidine rings is 1.